The molecule has 1 heterocycles. The van der Waals surface area contributed by atoms with Gasteiger partial charge in [0.25, 0.3) is 0 Å². The number of ether oxygens (including phenoxy) is 2. The predicted molar refractivity (Wildman–Crippen MR) is 71.7 cm³/mol. The largest absolute Gasteiger partial charge is 1.00 e. The molecule has 112 valence electrons. The Morgan fingerprint density at radius 1 is 0.857 bits per heavy atom. The molecule has 21 heavy (non-hydrogen) atoms. The minimum atomic E-state index is -0.0930. The molecule has 0 saturated heterocycles. The van der Waals surface area contributed by atoms with Crippen molar-refractivity contribution in [1.82, 2.24) is 0 Å². The highest BCUT2D eigenvalue weighted by atomic mass is 35.5. The van der Waals surface area contributed by atoms with Crippen LogP contribution in [0.1, 0.15) is 11.1 Å². The molecular formula is C15H16ClNO4. The Kier molecular flexibility index (Phi) is 4.77. The van der Waals surface area contributed by atoms with Crippen LogP contribution >= 0.6 is 0 Å². The van der Waals surface area contributed by atoms with Gasteiger partial charge in [-0.2, -0.15) is 0 Å². The van der Waals surface area contributed by atoms with Crippen LogP contribution in [0.25, 0.3) is 0 Å². The Labute approximate surface area is 128 Å². The van der Waals surface area contributed by atoms with Crippen molar-refractivity contribution in [2.75, 3.05) is 6.79 Å². The zero-order valence-corrected chi connectivity index (χ0v) is 12.0. The highest BCUT2D eigenvalue weighted by molar-refractivity contribution is 5.44. The van der Waals surface area contributed by atoms with Crippen molar-refractivity contribution in [3.8, 4) is 23.0 Å². The zero-order valence-electron chi connectivity index (χ0n) is 11.3. The molecule has 0 unspecified atom stereocenters. The monoisotopic (exact) mass is 309 g/mol. The fourth-order valence-corrected chi connectivity index (χ4v) is 2.17. The number of rotatable bonds is 4. The van der Waals surface area contributed by atoms with Crippen LogP contribution in [0.2, 0.25) is 0 Å². The van der Waals surface area contributed by atoms with E-state index in [-0.39, 0.29) is 30.7 Å². The number of fused-ring (bicyclic) bond motifs is 1. The average Bonchev–Trinajstić information content (AvgIpc) is 2.90. The zero-order chi connectivity index (χ0) is 13.9. The third kappa shape index (κ3) is 3.51. The first kappa shape index (κ1) is 15.3. The van der Waals surface area contributed by atoms with E-state index in [0.29, 0.717) is 0 Å². The normalized spacial score (nSPS) is 12.0. The van der Waals surface area contributed by atoms with Crippen LogP contribution in [0.15, 0.2) is 36.4 Å². The second kappa shape index (κ2) is 6.56. The summed E-state index contributed by atoms with van der Waals surface area (Å²) in [6.45, 7) is 1.82. The van der Waals surface area contributed by atoms with Crippen molar-refractivity contribution in [2.24, 2.45) is 0 Å². The number of quaternary nitrogens is 1. The molecule has 5 nitrogen and oxygen atoms in total. The molecular weight excluding hydrogens is 294 g/mol. The van der Waals surface area contributed by atoms with Gasteiger partial charge in [-0.25, -0.2) is 0 Å². The highest BCUT2D eigenvalue weighted by Crippen LogP contribution is 2.32. The van der Waals surface area contributed by atoms with Crippen molar-refractivity contribution >= 4 is 0 Å². The van der Waals surface area contributed by atoms with Crippen LogP contribution < -0.4 is 27.2 Å². The third-order valence-corrected chi connectivity index (χ3v) is 3.24. The summed E-state index contributed by atoms with van der Waals surface area (Å²) in [5, 5.41) is 20.8. The van der Waals surface area contributed by atoms with Gasteiger partial charge in [-0.1, -0.05) is 0 Å². The van der Waals surface area contributed by atoms with Crippen molar-refractivity contribution in [1.29, 1.82) is 0 Å². The molecule has 0 aliphatic carbocycles. The quantitative estimate of drug-likeness (QED) is 0.577. The van der Waals surface area contributed by atoms with Gasteiger partial charge < -0.3 is 37.4 Å². The highest BCUT2D eigenvalue weighted by Gasteiger charge is 2.13. The van der Waals surface area contributed by atoms with Crippen LogP contribution in [0.5, 0.6) is 23.0 Å². The molecule has 6 heteroatoms. The number of hydrogen-bond donors (Lipinski definition) is 3. The van der Waals surface area contributed by atoms with Gasteiger partial charge in [0.15, 0.2) is 23.0 Å². The van der Waals surface area contributed by atoms with Crippen LogP contribution in [0.3, 0.4) is 0 Å². The minimum absolute atomic E-state index is 0. The van der Waals surface area contributed by atoms with Crippen LogP contribution in [0.4, 0.5) is 0 Å². The van der Waals surface area contributed by atoms with E-state index in [4.69, 9.17) is 9.47 Å². The molecule has 0 atom stereocenters. The summed E-state index contributed by atoms with van der Waals surface area (Å²) in [7, 11) is 0. The van der Waals surface area contributed by atoms with E-state index < -0.39 is 0 Å². The van der Waals surface area contributed by atoms with Gasteiger partial charge in [-0.05, 0) is 36.4 Å². The molecule has 0 radical (unpaired) electrons. The molecule has 2 aromatic rings. The lowest BCUT2D eigenvalue weighted by Crippen LogP contribution is -3.00. The summed E-state index contributed by atoms with van der Waals surface area (Å²) in [5.41, 5.74) is 2.11. The summed E-state index contributed by atoms with van der Waals surface area (Å²) in [4.78, 5) is 0. The summed E-state index contributed by atoms with van der Waals surface area (Å²) in [6, 6.07) is 10.8. The van der Waals surface area contributed by atoms with Gasteiger partial charge in [0.1, 0.15) is 13.1 Å². The lowest BCUT2D eigenvalue weighted by atomic mass is 10.1. The first-order valence-corrected chi connectivity index (χ1v) is 6.43. The molecule has 0 spiro atoms. The lowest BCUT2D eigenvalue weighted by Gasteiger charge is -2.05. The van der Waals surface area contributed by atoms with Crippen molar-refractivity contribution in [2.45, 2.75) is 13.1 Å². The third-order valence-electron chi connectivity index (χ3n) is 3.24. The topological polar surface area (TPSA) is 75.5 Å². The Morgan fingerprint density at radius 3 is 2.29 bits per heavy atom. The van der Waals surface area contributed by atoms with E-state index in [9.17, 15) is 10.2 Å². The average molecular weight is 310 g/mol. The van der Waals surface area contributed by atoms with Gasteiger partial charge in [0.05, 0.1) is 0 Å². The lowest BCUT2D eigenvalue weighted by molar-refractivity contribution is -0.686. The summed E-state index contributed by atoms with van der Waals surface area (Å²) in [6.07, 6.45) is 0. The Balaban J connectivity index is 0.00000161. The van der Waals surface area contributed by atoms with Gasteiger partial charge in [0.2, 0.25) is 6.79 Å². The maximum Gasteiger partial charge on any atom is 0.231 e. The predicted octanol–water partition coefficient (Wildman–Crippen LogP) is -1.91. The maximum atomic E-state index is 9.43. The number of nitrogens with two attached hydrogens (primary N) is 1. The fraction of sp³-hybridized carbons (Fsp3) is 0.200. The van der Waals surface area contributed by atoms with E-state index in [1.165, 1.54) is 6.07 Å². The van der Waals surface area contributed by atoms with E-state index in [1.54, 1.807) is 12.1 Å². The first-order valence-electron chi connectivity index (χ1n) is 6.43. The summed E-state index contributed by atoms with van der Waals surface area (Å²) < 4.78 is 10.6. The van der Waals surface area contributed by atoms with Gasteiger partial charge >= 0.3 is 0 Å². The molecule has 0 saturated carbocycles. The van der Waals surface area contributed by atoms with Crippen LogP contribution in [0, 0.1) is 0 Å². The number of phenols is 2. The second-order valence-corrected chi connectivity index (χ2v) is 4.71. The van der Waals surface area contributed by atoms with Crippen LogP contribution in [-0.2, 0) is 13.1 Å². The second-order valence-electron chi connectivity index (χ2n) is 4.71. The number of hydrogen-bond acceptors (Lipinski definition) is 4. The molecule has 0 fully saturated rings. The van der Waals surface area contributed by atoms with E-state index >= 15 is 0 Å². The van der Waals surface area contributed by atoms with Crippen LogP contribution in [-0.4, -0.2) is 17.0 Å². The molecule has 4 N–H and O–H groups in total. The molecule has 1 aliphatic heterocycles. The Hall–Kier alpha value is -2.11. The van der Waals surface area contributed by atoms with Crippen molar-refractivity contribution in [3.05, 3.63) is 47.5 Å². The SMILES string of the molecule is Oc1ccc(C[NH2+]Cc2ccc3c(c2)OCO3)cc1O.[Cl-]. The van der Waals surface area contributed by atoms with Gasteiger partial charge in [-0.3, -0.25) is 0 Å². The molecule has 2 aromatic carbocycles. The van der Waals surface area contributed by atoms with E-state index in [1.807, 2.05) is 18.2 Å². The Morgan fingerprint density at radius 2 is 1.52 bits per heavy atom. The summed E-state index contributed by atoms with van der Waals surface area (Å²) >= 11 is 0. The van der Waals surface area contributed by atoms with E-state index in [2.05, 4.69) is 5.32 Å². The van der Waals surface area contributed by atoms with Crippen molar-refractivity contribution < 1.29 is 37.4 Å². The number of benzene rings is 2. The maximum absolute atomic E-state index is 9.43. The summed E-state index contributed by atoms with van der Waals surface area (Å²) in [5.74, 6) is 1.40. The number of phenolic OH excluding ortho intramolecular Hbond substituents is 2. The minimum Gasteiger partial charge on any atom is -1.00 e. The fourth-order valence-electron chi connectivity index (χ4n) is 2.17. The van der Waals surface area contributed by atoms with E-state index in [0.717, 1.165) is 35.7 Å². The number of halogens is 1. The standard InChI is InChI=1S/C15H15NO4.ClH/c17-12-3-1-10(5-13(12)18)7-16-8-11-2-4-14-15(6-11)20-9-19-14;/h1-6,16-18H,7-9H2;1H. The number of aromatic hydroxyl groups is 2. The molecule has 1 aliphatic rings. The molecule has 0 bridgehead atoms. The van der Waals surface area contributed by atoms with Gasteiger partial charge in [-0.15, -0.1) is 0 Å². The van der Waals surface area contributed by atoms with Gasteiger partial charge in [0, 0.05) is 11.1 Å². The first-order chi connectivity index (χ1) is 9.72. The smallest absolute Gasteiger partial charge is 0.231 e. The molecule has 0 amide bonds. The molecule has 3 rings (SSSR count). The molecule has 0 aromatic heterocycles. The Bertz CT molecular complexity index is 633. The van der Waals surface area contributed by atoms with Crippen molar-refractivity contribution in [3.63, 3.8) is 0 Å².